The second-order valence-corrected chi connectivity index (χ2v) is 9.10. The molecule has 0 heterocycles. The van der Waals surface area contributed by atoms with Crippen molar-refractivity contribution in [2.45, 2.75) is 22.5 Å². The third kappa shape index (κ3) is 4.88. The van der Waals surface area contributed by atoms with Crippen LogP contribution in [0, 0.1) is 0 Å². The lowest BCUT2D eigenvalue weighted by molar-refractivity contribution is -0.326. The Morgan fingerprint density at radius 3 is 1.71 bits per heavy atom. The highest BCUT2D eigenvalue weighted by atomic mass is 35.5. The first-order valence-electron chi connectivity index (χ1n) is 8.96. The van der Waals surface area contributed by atoms with E-state index in [0.717, 1.165) is 18.2 Å². The molecule has 2 rings (SSSR count). The van der Waals surface area contributed by atoms with Crippen molar-refractivity contribution >= 4 is 33.3 Å². The van der Waals surface area contributed by atoms with Crippen LogP contribution in [0.5, 0.6) is 0 Å². The standard InChI is InChI=1S/C21H13ClF8O3S/c22-20(27,28)18(23,24)19(25,26)21(29,30)34(32,33)16(17(31)15-11-5-2-6-12-15)13-7-10-14-8-3-1-4-9-14/h1-13H/b10-7+,16-13-. The van der Waals surface area contributed by atoms with Gasteiger partial charge < -0.3 is 0 Å². The van der Waals surface area contributed by atoms with Crippen LogP contribution in [0.25, 0.3) is 6.08 Å². The number of hydrogen-bond acceptors (Lipinski definition) is 3. The van der Waals surface area contributed by atoms with Crippen LogP contribution >= 0.6 is 11.6 Å². The Balaban J connectivity index is 2.69. The zero-order chi connectivity index (χ0) is 26.0. The molecule has 184 valence electrons. The van der Waals surface area contributed by atoms with Crippen molar-refractivity contribution in [3.05, 3.63) is 88.8 Å². The van der Waals surface area contributed by atoms with E-state index in [1.54, 1.807) is 6.07 Å². The maximum Gasteiger partial charge on any atom is 0.418 e. The maximum absolute atomic E-state index is 14.5. The largest absolute Gasteiger partial charge is 0.418 e. The Bertz CT molecular complexity index is 1190. The molecule has 0 radical (unpaired) electrons. The smallest absolute Gasteiger partial charge is 0.288 e. The molecule has 0 aromatic heterocycles. The van der Waals surface area contributed by atoms with E-state index < -0.39 is 48.6 Å². The molecule has 0 aliphatic rings. The molecular weight excluding hydrogens is 520 g/mol. The molecule has 0 amide bonds. The number of ketones is 1. The number of carbonyl (C=O) groups is 1. The Labute approximate surface area is 193 Å². The lowest BCUT2D eigenvalue weighted by Crippen LogP contribution is -2.63. The number of sulfone groups is 1. The Kier molecular flexibility index (Phi) is 7.68. The number of allylic oxidation sites excluding steroid dienone is 3. The molecule has 13 heteroatoms. The highest BCUT2D eigenvalue weighted by Gasteiger charge is 2.84. The Hall–Kier alpha value is -2.73. The van der Waals surface area contributed by atoms with Crippen LogP contribution in [-0.4, -0.2) is 36.7 Å². The van der Waals surface area contributed by atoms with Gasteiger partial charge in [0, 0.05) is 5.56 Å². The summed E-state index contributed by atoms with van der Waals surface area (Å²) in [4.78, 5) is 10.6. The molecule has 3 nitrogen and oxygen atoms in total. The molecule has 0 aliphatic carbocycles. The van der Waals surface area contributed by atoms with Gasteiger partial charge in [0.2, 0.25) is 5.78 Å². The molecule has 0 saturated heterocycles. The fourth-order valence-electron chi connectivity index (χ4n) is 2.50. The van der Waals surface area contributed by atoms with Crippen molar-refractivity contribution in [1.29, 1.82) is 0 Å². The van der Waals surface area contributed by atoms with Gasteiger partial charge in [-0.15, -0.1) is 0 Å². The summed E-state index contributed by atoms with van der Waals surface area (Å²) in [5.74, 6) is -16.0. The predicted octanol–water partition coefficient (Wildman–Crippen LogP) is 6.58. The molecule has 0 bridgehead atoms. The summed E-state index contributed by atoms with van der Waals surface area (Å²) < 4.78 is 134. The average molecular weight is 533 g/mol. The summed E-state index contributed by atoms with van der Waals surface area (Å²) in [6.07, 6.45) is 1.98. The van der Waals surface area contributed by atoms with Gasteiger partial charge in [-0.05, 0) is 23.2 Å². The molecular formula is C21H13ClF8O3S. The number of rotatable bonds is 9. The molecule has 0 fully saturated rings. The van der Waals surface area contributed by atoms with E-state index in [9.17, 15) is 48.3 Å². The van der Waals surface area contributed by atoms with Gasteiger partial charge in [0.1, 0.15) is 4.91 Å². The fourth-order valence-corrected chi connectivity index (χ4v) is 3.98. The van der Waals surface area contributed by atoms with Crippen molar-refractivity contribution in [3.8, 4) is 0 Å². The van der Waals surface area contributed by atoms with Gasteiger partial charge in [-0.25, -0.2) is 8.42 Å². The van der Waals surface area contributed by atoms with E-state index in [1.807, 2.05) is 0 Å². The molecule has 0 spiro atoms. The van der Waals surface area contributed by atoms with Crippen molar-refractivity contribution < 1.29 is 48.3 Å². The first-order chi connectivity index (χ1) is 15.5. The van der Waals surface area contributed by atoms with Gasteiger partial charge >= 0.3 is 22.5 Å². The second kappa shape index (κ2) is 9.49. The van der Waals surface area contributed by atoms with Crippen molar-refractivity contribution in [2.24, 2.45) is 0 Å². The monoisotopic (exact) mass is 532 g/mol. The van der Waals surface area contributed by atoms with Gasteiger partial charge in [0.15, 0.2) is 0 Å². The summed E-state index contributed by atoms with van der Waals surface area (Å²) in [6, 6.07) is 13.1. The van der Waals surface area contributed by atoms with Crippen LogP contribution in [0.15, 0.2) is 77.7 Å². The topological polar surface area (TPSA) is 51.2 Å². The summed E-state index contributed by atoms with van der Waals surface area (Å²) in [5, 5.41) is -13.1. The van der Waals surface area contributed by atoms with Crippen LogP contribution in [0.3, 0.4) is 0 Å². The van der Waals surface area contributed by atoms with E-state index in [4.69, 9.17) is 0 Å². The fraction of sp³-hybridized carbons (Fsp3) is 0.190. The molecule has 2 aromatic rings. The lowest BCUT2D eigenvalue weighted by atomic mass is 10.1. The van der Waals surface area contributed by atoms with Gasteiger partial charge in [0.05, 0.1) is 0 Å². The lowest BCUT2D eigenvalue weighted by Gasteiger charge is -2.34. The molecule has 0 atom stereocenters. The van der Waals surface area contributed by atoms with Gasteiger partial charge in [-0.2, -0.15) is 35.1 Å². The van der Waals surface area contributed by atoms with Crippen LogP contribution in [0.4, 0.5) is 35.1 Å². The highest BCUT2D eigenvalue weighted by Crippen LogP contribution is 2.56. The van der Waals surface area contributed by atoms with E-state index >= 15 is 0 Å². The van der Waals surface area contributed by atoms with Crippen molar-refractivity contribution in [2.75, 3.05) is 0 Å². The van der Waals surface area contributed by atoms with Gasteiger partial charge in [0.25, 0.3) is 9.84 Å². The number of benzene rings is 2. The van der Waals surface area contributed by atoms with E-state index in [0.29, 0.717) is 11.6 Å². The number of halogens is 9. The van der Waals surface area contributed by atoms with Crippen LogP contribution < -0.4 is 0 Å². The zero-order valence-corrected chi connectivity index (χ0v) is 18.1. The van der Waals surface area contributed by atoms with Crippen molar-refractivity contribution in [1.82, 2.24) is 0 Å². The minimum absolute atomic E-state index is 0.179. The van der Waals surface area contributed by atoms with E-state index in [1.165, 1.54) is 42.5 Å². The molecule has 2 aromatic carbocycles. The van der Waals surface area contributed by atoms with Crippen LogP contribution in [0.2, 0.25) is 0 Å². The van der Waals surface area contributed by atoms with E-state index in [2.05, 4.69) is 11.6 Å². The van der Waals surface area contributed by atoms with Crippen LogP contribution in [-0.2, 0) is 9.84 Å². The van der Waals surface area contributed by atoms with Crippen molar-refractivity contribution in [3.63, 3.8) is 0 Å². The summed E-state index contributed by atoms with van der Waals surface area (Å²) in [6.45, 7) is 0. The predicted molar refractivity (Wildman–Crippen MR) is 109 cm³/mol. The SMILES string of the molecule is O=C(/C(=C/C=C/c1ccccc1)S(=O)(=O)C(F)(F)C(F)(F)C(F)(F)C(F)(F)Cl)c1ccccc1. The number of alkyl halides is 9. The molecule has 0 unspecified atom stereocenters. The molecule has 0 N–H and O–H groups in total. The quantitative estimate of drug-likeness (QED) is 0.121. The third-order valence-corrected chi connectivity index (χ3v) is 6.41. The minimum Gasteiger partial charge on any atom is -0.288 e. The maximum atomic E-state index is 14.5. The highest BCUT2D eigenvalue weighted by molar-refractivity contribution is 7.97. The first-order valence-corrected chi connectivity index (χ1v) is 10.8. The minimum atomic E-state index is -7.22. The van der Waals surface area contributed by atoms with Gasteiger partial charge in [-0.1, -0.05) is 72.8 Å². The molecule has 0 aliphatic heterocycles. The Morgan fingerprint density at radius 1 is 0.765 bits per heavy atom. The number of Topliss-reactive ketones (excluding diaryl/α,β-unsaturated/α-hetero) is 1. The molecule has 0 saturated carbocycles. The summed E-state index contributed by atoms with van der Waals surface area (Å²) in [5.41, 5.74) is -0.230. The second-order valence-electron chi connectivity index (χ2n) is 6.66. The summed E-state index contributed by atoms with van der Waals surface area (Å²) >= 11 is 3.87. The summed E-state index contributed by atoms with van der Waals surface area (Å²) in [7, 11) is -7.00. The zero-order valence-electron chi connectivity index (χ0n) is 16.5. The van der Waals surface area contributed by atoms with Gasteiger partial charge in [-0.3, -0.25) is 4.79 Å². The number of hydrogen-bond donors (Lipinski definition) is 0. The first kappa shape index (κ1) is 27.5. The average Bonchev–Trinajstić information content (AvgIpc) is 2.76. The molecule has 34 heavy (non-hydrogen) atoms. The normalized spacial score (nSPS) is 14.4. The van der Waals surface area contributed by atoms with E-state index in [-0.39, 0.29) is 6.08 Å². The van der Waals surface area contributed by atoms with Crippen LogP contribution in [0.1, 0.15) is 15.9 Å². The third-order valence-electron chi connectivity index (χ3n) is 4.34. The number of carbonyl (C=O) groups excluding carboxylic acids is 1. The Morgan fingerprint density at radius 2 is 1.24 bits per heavy atom.